The molecule has 2 rings (SSSR count). The highest BCUT2D eigenvalue weighted by atomic mass is 16.3. The highest BCUT2D eigenvalue weighted by Crippen LogP contribution is 2.33. The minimum absolute atomic E-state index is 0.00694. The third kappa shape index (κ3) is 3.66. The van der Waals surface area contributed by atoms with Crippen LogP contribution in [-0.4, -0.2) is 42.8 Å². The molecule has 1 aliphatic rings. The minimum atomic E-state index is -0.867. The molecule has 1 aliphatic heterocycles. The summed E-state index contributed by atoms with van der Waals surface area (Å²) in [5.74, 6) is 0.871. The SMILES string of the molecule is CCCC(O)(CCC)CC(=O)N1CCCC1c1nncn1C. The van der Waals surface area contributed by atoms with Crippen LogP contribution in [0.25, 0.3) is 0 Å². The fraction of sp³-hybridized carbons (Fsp3) is 0.812. The van der Waals surface area contributed by atoms with Gasteiger partial charge in [0.15, 0.2) is 5.82 Å². The van der Waals surface area contributed by atoms with E-state index in [-0.39, 0.29) is 18.4 Å². The molecule has 0 spiro atoms. The maximum Gasteiger partial charge on any atom is 0.226 e. The first-order valence-corrected chi connectivity index (χ1v) is 8.36. The van der Waals surface area contributed by atoms with E-state index in [9.17, 15) is 9.90 Å². The molecule has 1 atom stereocenters. The van der Waals surface area contributed by atoms with E-state index in [1.54, 1.807) is 6.33 Å². The number of aromatic nitrogens is 3. The lowest BCUT2D eigenvalue weighted by molar-refractivity contribution is -0.138. The quantitative estimate of drug-likeness (QED) is 0.838. The highest BCUT2D eigenvalue weighted by molar-refractivity contribution is 5.78. The van der Waals surface area contributed by atoms with Gasteiger partial charge in [0, 0.05) is 13.6 Å². The van der Waals surface area contributed by atoms with Gasteiger partial charge in [-0.25, -0.2) is 0 Å². The number of carbonyl (C=O) groups excluding carboxylic acids is 1. The maximum atomic E-state index is 12.7. The Bertz CT molecular complexity index is 494. The number of nitrogens with zero attached hydrogens (tertiary/aromatic N) is 4. The van der Waals surface area contributed by atoms with E-state index in [0.29, 0.717) is 12.8 Å². The summed E-state index contributed by atoms with van der Waals surface area (Å²) >= 11 is 0. The normalized spacial score (nSPS) is 18.9. The van der Waals surface area contributed by atoms with Gasteiger partial charge in [0.2, 0.25) is 5.91 Å². The first-order chi connectivity index (χ1) is 10.5. The third-order valence-corrected chi connectivity index (χ3v) is 4.53. The summed E-state index contributed by atoms with van der Waals surface area (Å²) in [6.07, 6.45) is 6.89. The number of hydrogen-bond donors (Lipinski definition) is 1. The van der Waals surface area contributed by atoms with Crippen LogP contribution in [0.3, 0.4) is 0 Å². The van der Waals surface area contributed by atoms with E-state index in [1.807, 2.05) is 30.4 Å². The van der Waals surface area contributed by atoms with E-state index < -0.39 is 5.60 Å². The number of carbonyl (C=O) groups is 1. The molecule has 6 nitrogen and oxygen atoms in total. The zero-order valence-electron chi connectivity index (χ0n) is 14.0. The molecule has 0 aromatic carbocycles. The van der Waals surface area contributed by atoms with Crippen molar-refractivity contribution in [1.82, 2.24) is 19.7 Å². The maximum absolute atomic E-state index is 12.7. The van der Waals surface area contributed by atoms with Crippen LogP contribution in [0.1, 0.15) is 70.7 Å². The monoisotopic (exact) mass is 308 g/mol. The van der Waals surface area contributed by atoms with Crippen molar-refractivity contribution < 1.29 is 9.90 Å². The Morgan fingerprint density at radius 2 is 2.09 bits per heavy atom. The summed E-state index contributed by atoms with van der Waals surface area (Å²) in [6, 6.07) is -0.00694. The minimum Gasteiger partial charge on any atom is -0.389 e. The molecule has 2 heterocycles. The fourth-order valence-corrected chi connectivity index (χ4v) is 3.54. The molecule has 1 aromatic heterocycles. The summed E-state index contributed by atoms with van der Waals surface area (Å²) in [5, 5.41) is 18.8. The summed E-state index contributed by atoms with van der Waals surface area (Å²) in [4.78, 5) is 14.6. The molecule has 1 amide bonds. The van der Waals surface area contributed by atoms with E-state index in [4.69, 9.17) is 0 Å². The third-order valence-electron chi connectivity index (χ3n) is 4.53. The van der Waals surface area contributed by atoms with Crippen LogP contribution in [0.2, 0.25) is 0 Å². The van der Waals surface area contributed by atoms with Crippen LogP contribution in [0.15, 0.2) is 6.33 Å². The van der Waals surface area contributed by atoms with Crippen LogP contribution in [-0.2, 0) is 11.8 Å². The Hall–Kier alpha value is -1.43. The second kappa shape index (κ2) is 7.22. The Kier molecular flexibility index (Phi) is 5.56. The zero-order valence-corrected chi connectivity index (χ0v) is 14.0. The van der Waals surface area contributed by atoms with Crippen molar-refractivity contribution in [2.75, 3.05) is 6.54 Å². The molecule has 1 fully saturated rings. The Labute approximate surface area is 132 Å². The molecule has 0 saturated carbocycles. The summed E-state index contributed by atoms with van der Waals surface area (Å²) in [7, 11) is 1.90. The fourth-order valence-electron chi connectivity index (χ4n) is 3.54. The topological polar surface area (TPSA) is 71.2 Å². The van der Waals surface area contributed by atoms with Gasteiger partial charge in [-0.3, -0.25) is 4.79 Å². The van der Waals surface area contributed by atoms with Crippen molar-refractivity contribution in [3.8, 4) is 0 Å². The second-order valence-corrected chi connectivity index (χ2v) is 6.45. The van der Waals surface area contributed by atoms with Crippen LogP contribution >= 0.6 is 0 Å². The van der Waals surface area contributed by atoms with Crippen LogP contribution < -0.4 is 0 Å². The van der Waals surface area contributed by atoms with Gasteiger partial charge in [0.1, 0.15) is 6.33 Å². The van der Waals surface area contributed by atoms with Gasteiger partial charge < -0.3 is 14.6 Å². The van der Waals surface area contributed by atoms with Gasteiger partial charge >= 0.3 is 0 Å². The molecule has 124 valence electrons. The lowest BCUT2D eigenvalue weighted by atomic mass is 9.88. The predicted octanol–water partition coefficient (Wildman–Crippen LogP) is 2.20. The van der Waals surface area contributed by atoms with Crippen molar-refractivity contribution in [3.63, 3.8) is 0 Å². The first kappa shape index (κ1) is 16.9. The lowest BCUT2D eigenvalue weighted by Crippen LogP contribution is -2.39. The molecular weight excluding hydrogens is 280 g/mol. The smallest absolute Gasteiger partial charge is 0.226 e. The molecule has 1 saturated heterocycles. The number of rotatable bonds is 7. The average molecular weight is 308 g/mol. The molecule has 6 heteroatoms. The first-order valence-electron chi connectivity index (χ1n) is 8.36. The van der Waals surface area contributed by atoms with Gasteiger partial charge in [0.05, 0.1) is 18.1 Å². The van der Waals surface area contributed by atoms with Crippen molar-refractivity contribution in [2.24, 2.45) is 7.05 Å². The van der Waals surface area contributed by atoms with Crippen molar-refractivity contribution in [2.45, 2.75) is 70.4 Å². The van der Waals surface area contributed by atoms with Gasteiger partial charge in [-0.15, -0.1) is 10.2 Å². The summed E-state index contributed by atoms with van der Waals surface area (Å²) in [5.41, 5.74) is -0.867. The molecule has 1 unspecified atom stereocenters. The highest BCUT2D eigenvalue weighted by Gasteiger charge is 2.37. The number of amides is 1. The standard InChI is InChI=1S/C16H28N4O2/c1-4-8-16(22,9-5-2)11-14(21)20-10-6-7-13(20)15-18-17-12-19(15)3/h12-13,22H,4-11H2,1-3H3. The zero-order chi connectivity index (χ0) is 16.2. The number of hydrogen-bond acceptors (Lipinski definition) is 4. The van der Waals surface area contributed by atoms with Gasteiger partial charge in [0.25, 0.3) is 0 Å². The number of aryl methyl sites for hydroxylation is 1. The molecule has 1 N–H and O–H groups in total. The van der Waals surface area contributed by atoms with Crippen LogP contribution in [0, 0.1) is 0 Å². The molecule has 1 aromatic rings. The second-order valence-electron chi connectivity index (χ2n) is 6.45. The number of likely N-dealkylation sites (tertiary alicyclic amines) is 1. The summed E-state index contributed by atoms with van der Waals surface area (Å²) < 4.78 is 1.88. The number of aliphatic hydroxyl groups is 1. The Balaban J connectivity index is 2.09. The van der Waals surface area contributed by atoms with Gasteiger partial charge in [-0.1, -0.05) is 26.7 Å². The van der Waals surface area contributed by atoms with E-state index >= 15 is 0 Å². The van der Waals surface area contributed by atoms with Gasteiger partial charge in [-0.05, 0) is 25.7 Å². The van der Waals surface area contributed by atoms with Crippen molar-refractivity contribution in [3.05, 3.63) is 12.2 Å². The largest absolute Gasteiger partial charge is 0.389 e. The molecule has 0 aliphatic carbocycles. The summed E-state index contributed by atoms with van der Waals surface area (Å²) in [6.45, 7) is 4.83. The lowest BCUT2D eigenvalue weighted by Gasteiger charge is -2.31. The van der Waals surface area contributed by atoms with Crippen LogP contribution in [0.5, 0.6) is 0 Å². The average Bonchev–Trinajstić information content (AvgIpc) is 3.06. The van der Waals surface area contributed by atoms with Gasteiger partial charge in [-0.2, -0.15) is 0 Å². The van der Waals surface area contributed by atoms with Crippen LogP contribution in [0.4, 0.5) is 0 Å². The van der Waals surface area contributed by atoms with E-state index in [2.05, 4.69) is 10.2 Å². The molecule has 0 bridgehead atoms. The van der Waals surface area contributed by atoms with Crippen molar-refractivity contribution >= 4 is 5.91 Å². The molecule has 22 heavy (non-hydrogen) atoms. The Morgan fingerprint density at radius 1 is 1.41 bits per heavy atom. The predicted molar refractivity (Wildman–Crippen MR) is 84.1 cm³/mol. The molecular formula is C16H28N4O2. The molecule has 0 radical (unpaired) electrons. The van der Waals surface area contributed by atoms with E-state index in [1.165, 1.54) is 0 Å². The van der Waals surface area contributed by atoms with Crippen molar-refractivity contribution in [1.29, 1.82) is 0 Å². The van der Waals surface area contributed by atoms with E-state index in [0.717, 1.165) is 38.1 Å². The Morgan fingerprint density at radius 3 is 2.64 bits per heavy atom.